The molecule has 2 heteroatoms. The summed E-state index contributed by atoms with van der Waals surface area (Å²) in [7, 11) is 0. The van der Waals surface area contributed by atoms with Crippen molar-refractivity contribution in [2.24, 2.45) is 5.73 Å². The van der Waals surface area contributed by atoms with E-state index in [1.165, 1.54) is 111 Å². The molecule has 1 fully saturated rings. The van der Waals surface area contributed by atoms with Gasteiger partial charge in [0.25, 0.3) is 0 Å². The molecule has 13 rings (SSSR count). The van der Waals surface area contributed by atoms with Gasteiger partial charge in [-0.25, -0.2) is 0 Å². The van der Waals surface area contributed by atoms with Crippen LogP contribution in [-0.2, 0) is 36.8 Å². The standard InChI is InChI=1S/C57H44N2/c58-39-33-56(52-25-9-21-44-40-17-5-1-13-35(40)29-48(44)52,53-26-10-22-45-41-18-6-2-14-36(41)30-49(45)53)59-57(34-39,54-27-11-23-46-42-19-7-3-15-37(42)31-50(46)54)55-28-12-24-47-43-20-8-4-16-38(43)32-51(47)55/h1-28,39,59H,29-34,58H2. The number of hydrogen-bond acceptors (Lipinski definition) is 2. The van der Waals surface area contributed by atoms with Crippen LogP contribution < -0.4 is 11.1 Å². The van der Waals surface area contributed by atoms with Crippen LogP contribution in [0.5, 0.6) is 0 Å². The molecule has 0 aromatic heterocycles. The maximum atomic E-state index is 7.81. The third-order valence-corrected chi connectivity index (χ3v) is 14.8. The first-order valence-electron chi connectivity index (χ1n) is 21.5. The van der Waals surface area contributed by atoms with E-state index in [2.05, 4.69) is 170 Å². The van der Waals surface area contributed by atoms with Gasteiger partial charge in [0.2, 0.25) is 0 Å². The minimum atomic E-state index is -0.610. The van der Waals surface area contributed by atoms with E-state index in [1.807, 2.05) is 0 Å². The SMILES string of the molecule is NC1CC(c2cccc3c2Cc2ccccc2-3)(c2cccc3c2Cc2ccccc2-3)NC(c2cccc3c2Cc2ccccc2-3)(c2cccc3c2Cc2ccccc2-3)C1. The average Bonchev–Trinajstić information content (AvgIpc) is 4.06. The van der Waals surface area contributed by atoms with Gasteiger partial charge in [-0.3, -0.25) is 5.32 Å². The highest BCUT2D eigenvalue weighted by Gasteiger charge is 2.54. The second-order valence-corrected chi connectivity index (χ2v) is 17.8. The molecule has 0 atom stereocenters. The van der Waals surface area contributed by atoms with E-state index < -0.39 is 11.1 Å². The van der Waals surface area contributed by atoms with Gasteiger partial charge in [-0.05, 0) is 150 Å². The monoisotopic (exact) mass is 756 g/mol. The van der Waals surface area contributed by atoms with E-state index in [0.29, 0.717) is 0 Å². The molecule has 1 heterocycles. The van der Waals surface area contributed by atoms with Gasteiger partial charge in [0.05, 0.1) is 11.1 Å². The smallest absolute Gasteiger partial charge is 0.0720 e. The molecule has 1 aliphatic heterocycles. The first kappa shape index (κ1) is 33.6. The van der Waals surface area contributed by atoms with E-state index in [-0.39, 0.29) is 6.04 Å². The second-order valence-electron chi connectivity index (χ2n) is 17.8. The van der Waals surface area contributed by atoms with Crippen molar-refractivity contribution in [3.05, 3.63) is 237 Å². The van der Waals surface area contributed by atoms with E-state index >= 15 is 0 Å². The average molecular weight is 757 g/mol. The summed E-state index contributed by atoms with van der Waals surface area (Å²) in [6, 6.07) is 64.4. The summed E-state index contributed by atoms with van der Waals surface area (Å²) in [5, 5.41) is 4.82. The third-order valence-electron chi connectivity index (χ3n) is 14.8. The maximum absolute atomic E-state index is 7.81. The van der Waals surface area contributed by atoms with Crippen molar-refractivity contribution < 1.29 is 0 Å². The largest absolute Gasteiger partial charge is 0.328 e. The first-order valence-corrected chi connectivity index (χ1v) is 21.5. The molecule has 0 amide bonds. The Labute approximate surface area is 346 Å². The maximum Gasteiger partial charge on any atom is 0.0720 e. The molecule has 0 radical (unpaired) electrons. The number of piperidine rings is 1. The highest BCUT2D eigenvalue weighted by molar-refractivity contribution is 5.84. The van der Waals surface area contributed by atoms with Crippen molar-refractivity contribution in [2.75, 3.05) is 0 Å². The van der Waals surface area contributed by atoms with Gasteiger partial charge < -0.3 is 5.73 Å². The van der Waals surface area contributed by atoms with Gasteiger partial charge in [-0.2, -0.15) is 0 Å². The Bertz CT molecular complexity index is 2680. The molecule has 5 aliphatic rings. The summed E-state index contributed by atoms with van der Waals surface area (Å²) >= 11 is 0. The molecule has 8 aromatic carbocycles. The summed E-state index contributed by atoms with van der Waals surface area (Å²) in [4.78, 5) is 0. The first-order chi connectivity index (χ1) is 29.1. The van der Waals surface area contributed by atoms with Gasteiger partial charge in [-0.15, -0.1) is 0 Å². The fraction of sp³-hybridized carbons (Fsp3) is 0.158. The molecular formula is C57H44N2. The number of nitrogens with two attached hydrogens (primary N) is 1. The van der Waals surface area contributed by atoms with Gasteiger partial charge in [0, 0.05) is 6.04 Å². The normalized spacial score (nSPS) is 17.0. The molecule has 2 nitrogen and oxygen atoms in total. The zero-order valence-electron chi connectivity index (χ0n) is 33.1. The Morgan fingerprint density at radius 3 is 0.864 bits per heavy atom. The quantitative estimate of drug-likeness (QED) is 0.188. The molecule has 8 aromatic rings. The second kappa shape index (κ2) is 12.3. The van der Waals surface area contributed by atoms with Crippen molar-refractivity contribution in [3.8, 4) is 44.5 Å². The highest BCUT2D eigenvalue weighted by atomic mass is 15.1. The van der Waals surface area contributed by atoms with Crippen LogP contribution in [0.2, 0.25) is 0 Å². The molecule has 0 spiro atoms. The minimum Gasteiger partial charge on any atom is -0.328 e. The fourth-order valence-electron chi connectivity index (χ4n) is 12.6. The van der Waals surface area contributed by atoms with E-state index in [4.69, 9.17) is 11.1 Å². The van der Waals surface area contributed by atoms with Crippen LogP contribution in [-0.4, -0.2) is 6.04 Å². The van der Waals surface area contributed by atoms with Crippen LogP contribution in [0, 0.1) is 0 Å². The summed E-state index contributed by atoms with van der Waals surface area (Å²) in [5.41, 5.74) is 34.2. The van der Waals surface area contributed by atoms with E-state index in [9.17, 15) is 0 Å². The lowest BCUT2D eigenvalue weighted by molar-refractivity contribution is 0.164. The molecule has 0 saturated carbocycles. The zero-order chi connectivity index (χ0) is 38.9. The summed E-state index contributed by atoms with van der Waals surface area (Å²) in [5.74, 6) is 0. The molecule has 4 aliphatic carbocycles. The van der Waals surface area contributed by atoms with Crippen molar-refractivity contribution in [1.29, 1.82) is 0 Å². The van der Waals surface area contributed by atoms with Crippen molar-refractivity contribution in [2.45, 2.75) is 55.6 Å². The summed E-state index contributed by atoms with van der Waals surface area (Å²) in [6.45, 7) is 0. The Balaban J connectivity index is 1.12. The van der Waals surface area contributed by atoms with E-state index in [0.717, 1.165) is 38.5 Å². The van der Waals surface area contributed by atoms with Crippen LogP contribution in [0.3, 0.4) is 0 Å². The van der Waals surface area contributed by atoms with Crippen LogP contribution >= 0.6 is 0 Å². The molecule has 59 heavy (non-hydrogen) atoms. The lowest BCUT2D eigenvalue weighted by Crippen LogP contribution is -2.64. The van der Waals surface area contributed by atoms with E-state index in [1.54, 1.807) is 0 Å². The number of hydrogen-bond donors (Lipinski definition) is 2. The minimum absolute atomic E-state index is 0.102. The summed E-state index contributed by atoms with van der Waals surface area (Å²) < 4.78 is 0. The number of fused-ring (bicyclic) bond motifs is 12. The van der Waals surface area contributed by atoms with Crippen molar-refractivity contribution in [3.63, 3.8) is 0 Å². The van der Waals surface area contributed by atoms with Gasteiger partial charge in [-0.1, -0.05) is 170 Å². The van der Waals surface area contributed by atoms with Crippen LogP contribution in [0.1, 0.15) is 79.6 Å². The molecule has 0 bridgehead atoms. The number of rotatable bonds is 4. The number of nitrogens with one attached hydrogen (secondary N) is 1. The molecule has 0 unspecified atom stereocenters. The molecule has 1 saturated heterocycles. The predicted molar refractivity (Wildman–Crippen MR) is 241 cm³/mol. The van der Waals surface area contributed by atoms with Gasteiger partial charge in [0.15, 0.2) is 0 Å². The molecular weight excluding hydrogens is 713 g/mol. The highest BCUT2D eigenvalue weighted by Crippen LogP contribution is 2.56. The van der Waals surface area contributed by atoms with Gasteiger partial charge in [0.1, 0.15) is 0 Å². The Morgan fingerprint density at radius 1 is 0.322 bits per heavy atom. The predicted octanol–water partition coefficient (Wildman–Crippen LogP) is 11.9. The van der Waals surface area contributed by atoms with Crippen LogP contribution in [0.15, 0.2) is 170 Å². The van der Waals surface area contributed by atoms with Crippen molar-refractivity contribution in [1.82, 2.24) is 5.32 Å². The van der Waals surface area contributed by atoms with Crippen LogP contribution in [0.4, 0.5) is 0 Å². The third kappa shape index (κ3) is 4.65. The van der Waals surface area contributed by atoms with Gasteiger partial charge >= 0.3 is 0 Å². The van der Waals surface area contributed by atoms with Crippen molar-refractivity contribution >= 4 is 0 Å². The fourth-order valence-corrected chi connectivity index (χ4v) is 12.6. The number of benzene rings is 8. The Morgan fingerprint density at radius 2 is 0.576 bits per heavy atom. The zero-order valence-corrected chi connectivity index (χ0v) is 33.1. The molecule has 282 valence electrons. The lowest BCUT2D eigenvalue weighted by Gasteiger charge is -2.54. The lowest BCUT2D eigenvalue weighted by atomic mass is 9.62. The Hall–Kier alpha value is -6.32. The Kier molecular flexibility index (Phi) is 7.04. The topological polar surface area (TPSA) is 38.0 Å². The summed E-state index contributed by atoms with van der Waals surface area (Å²) in [6.07, 6.45) is 5.23. The van der Waals surface area contributed by atoms with Crippen LogP contribution in [0.25, 0.3) is 44.5 Å². The molecule has 3 N–H and O–H groups in total.